The fourth-order valence-electron chi connectivity index (χ4n) is 3.85. The van der Waals surface area contributed by atoms with E-state index in [4.69, 9.17) is 0 Å². The minimum Gasteiger partial charge on any atom is -0.353 e. The van der Waals surface area contributed by atoms with Gasteiger partial charge in [-0.05, 0) is 73.2 Å². The van der Waals surface area contributed by atoms with Crippen LogP contribution < -0.4 is 5.32 Å². The van der Waals surface area contributed by atoms with Crippen molar-refractivity contribution in [3.63, 3.8) is 0 Å². The number of carbonyl (C=O) groups excluding carboxylic acids is 1. The lowest BCUT2D eigenvalue weighted by atomic mass is 9.86. The van der Waals surface area contributed by atoms with Crippen molar-refractivity contribution in [1.82, 2.24) is 20.0 Å². The van der Waals surface area contributed by atoms with Gasteiger partial charge in [-0.1, -0.05) is 36.8 Å². The van der Waals surface area contributed by atoms with Crippen LogP contribution in [0, 0.1) is 6.92 Å². The molecule has 0 aromatic heterocycles. The average molecular weight is 361 g/mol. The van der Waals surface area contributed by atoms with E-state index in [0.29, 0.717) is 6.54 Å². The molecule has 1 atom stereocenters. The summed E-state index contributed by atoms with van der Waals surface area (Å²) in [5, 5.41) is 3.26. The summed E-state index contributed by atoms with van der Waals surface area (Å²) in [6, 6.07) is 8.00. The molecule has 0 spiro atoms. The number of nitrogens with one attached hydrogen (secondary N) is 1. The Bertz CT molecular complexity index is 574. The quantitative estimate of drug-likeness (QED) is 0.809. The molecular weight excluding hydrogens is 324 g/mol. The highest BCUT2D eigenvalue weighted by Crippen LogP contribution is 2.27. The smallest absolute Gasteiger partial charge is 0.242 e. The van der Waals surface area contributed by atoms with E-state index in [0.717, 1.165) is 38.0 Å². The van der Waals surface area contributed by atoms with Gasteiger partial charge >= 0.3 is 0 Å². The third kappa shape index (κ3) is 4.84. The van der Waals surface area contributed by atoms with Crippen molar-refractivity contribution in [3.8, 4) is 0 Å². The zero-order chi connectivity index (χ0) is 19.3. The summed E-state index contributed by atoms with van der Waals surface area (Å²) >= 11 is 0. The zero-order valence-electron chi connectivity index (χ0n) is 17.4. The Labute approximate surface area is 159 Å². The van der Waals surface area contributed by atoms with Crippen LogP contribution in [-0.4, -0.2) is 80.5 Å². The second-order valence-corrected chi connectivity index (χ2v) is 8.05. The van der Waals surface area contributed by atoms with Crippen molar-refractivity contribution in [2.75, 3.05) is 54.4 Å². The molecule has 1 fully saturated rings. The molecule has 0 aliphatic carbocycles. The molecule has 2 rings (SSSR count). The Kier molecular flexibility index (Phi) is 7.21. The second-order valence-electron chi connectivity index (χ2n) is 8.05. The number of aryl methyl sites for hydroxylation is 1. The van der Waals surface area contributed by atoms with Crippen LogP contribution in [0.2, 0.25) is 0 Å². The van der Waals surface area contributed by atoms with Crippen LogP contribution >= 0.6 is 0 Å². The number of hydrogen-bond acceptors (Lipinski definition) is 4. The number of likely N-dealkylation sites (N-methyl/N-ethyl adjacent to an activating group) is 2. The van der Waals surface area contributed by atoms with Crippen molar-refractivity contribution in [2.24, 2.45) is 0 Å². The van der Waals surface area contributed by atoms with E-state index in [1.165, 1.54) is 5.56 Å². The summed E-state index contributed by atoms with van der Waals surface area (Å²) in [4.78, 5) is 19.8. The van der Waals surface area contributed by atoms with Crippen LogP contribution in [-0.2, 0) is 4.79 Å². The van der Waals surface area contributed by atoms with Crippen molar-refractivity contribution in [1.29, 1.82) is 0 Å². The van der Waals surface area contributed by atoms with Crippen LogP contribution in [0.4, 0.5) is 0 Å². The lowest BCUT2D eigenvalue weighted by molar-refractivity contribution is -0.126. The Morgan fingerprint density at radius 3 is 2.19 bits per heavy atom. The third-order valence-electron chi connectivity index (χ3n) is 5.93. The highest BCUT2D eigenvalue weighted by molar-refractivity contribution is 5.83. The molecule has 1 aliphatic rings. The monoisotopic (exact) mass is 360 g/mol. The highest BCUT2D eigenvalue weighted by atomic mass is 16.2. The van der Waals surface area contributed by atoms with Gasteiger partial charge in [-0.25, -0.2) is 0 Å². The van der Waals surface area contributed by atoms with Gasteiger partial charge < -0.3 is 15.1 Å². The molecule has 0 bridgehead atoms. The molecule has 5 nitrogen and oxygen atoms in total. The van der Waals surface area contributed by atoms with Gasteiger partial charge in [0.05, 0.1) is 0 Å². The maximum atomic E-state index is 13.0. The van der Waals surface area contributed by atoms with Gasteiger partial charge in [0.25, 0.3) is 0 Å². The van der Waals surface area contributed by atoms with E-state index >= 15 is 0 Å². The van der Waals surface area contributed by atoms with Crippen molar-refractivity contribution in [3.05, 3.63) is 35.4 Å². The average Bonchev–Trinajstić information content (AvgIpc) is 2.61. The summed E-state index contributed by atoms with van der Waals surface area (Å²) < 4.78 is 0. The number of benzene rings is 1. The maximum Gasteiger partial charge on any atom is 0.242 e. The van der Waals surface area contributed by atoms with Crippen LogP contribution in [0.3, 0.4) is 0 Å². The predicted molar refractivity (Wildman–Crippen MR) is 108 cm³/mol. The summed E-state index contributed by atoms with van der Waals surface area (Å²) in [6.45, 7) is 8.28. The molecule has 26 heavy (non-hydrogen) atoms. The molecule has 1 aliphatic heterocycles. The molecule has 0 saturated carbocycles. The van der Waals surface area contributed by atoms with Gasteiger partial charge in [0.2, 0.25) is 5.91 Å². The van der Waals surface area contributed by atoms with Crippen LogP contribution in [0.5, 0.6) is 0 Å². The molecule has 0 radical (unpaired) electrons. The van der Waals surface area contributed by atoms with Crippen molar-refractivity contribution < 1.29 is 4.79 Å². The third-order valence-corrected chi connectivity index (χ3v) is 5.93. The van der Waals surface area contributed by atoms with E-state index in [-0.39, 0.29) is 17.5 Å². The zero-order valence-corrected chi connectivity index (χ0v) is 17.4. The summed E-state index contributed by atoms with van der Waals surface area (Å²) in [7, 11) is 8.20. The standard InChI is InChI=1S/C21H36N4O/c1-7-25-14-12-21(13-15-25,24(5)6)16-22-20(26)19(23(3)4)18-10-8-17(2)9-11-18/h8-11,19H,7,12-16H2,1-6H3,(H,22,26). The summed E-state index contributed by atoms with van der Waals surface area (Å²) in [5.74, 6) is 0.0815. The number of carbonyl (C=O) groups is 1. The number of hydrogen-bond donors (Lipinski definition) is 1. The Balaban J connectivity index is 2.07. The molecule has 1 heterocycles. The number of piperidine rings is 1. The van der Waals surface area contributed by atoms with E-state index in [1.807, 2.05) is 19.0 Å². The number of nitrogens with zero attached hydrogens (tertiary/aromatic N) is 3. The van der Waals surface area contributed by atoms with E-state index in [2.05, 4.69) is 67.3 Å². The highest BCUT2D eigenvalue weighted by Gasteiger charge is 2.37. The SMILES string of the molecule is CCN1CCC(CNC(=O)C(c2ccc(C)cc2)N(C)C)(N(C)C)CC1. The van der Waals surface area contributed by atoms with E-state index in [9.17, 15) is 4.79 Å². The van der Waals surface area contributed by atoms with Gasteiger partial charge in [-0.2, -0.15) is 0 Å². The first-order chi connectivity index (χ1) is 12.3. The Morgan fingerprint density at radius 1 is 1.15 bits per heavy atom. The summed E-state index contributed by atoms with van der Waals surface area (Å²) in [5.41, 5.74) is 2.30. The Morgan fingerprint density at radius 2 is 1.73 bits per heavy atom. The summed E-state index contributed by atoms with van der Waals surface area (Å²) in [6.07, 6.45) is 2.18. The fourth-order valence-corrected chi connectivity index (χ4v) is 3.85. The Hall–Kier alpha value is -1.43. The number of rotatable bonds is 7. The first-order valence-corrected chi connectivity index (χ1v) is 9.69. The lowest BCUT2D eigenvalue weighted by Crippen LogP contribution is -2.59. The minimum atomic E-state index is -0.259. The van der Waals surface area contributed by atoms with E-state index in [1.54, 1.807) is 0 Å². The van der Waals surface area contributed by atoms with Crippen LogP contribution in [0.1, 0.15) is 36.9 Å². The molecule has 1 aromatic rings. The first-order valence-electron chi connectivity index (χ1n) is 9.69. The van der Waals surface area contributed by atoms with Crippen molar-refractivity contribution >= 4 is 5.91 Å². The van der Waals surface area contributed by atoms with Crippen LogP contribution in [0.25, 0.3) is 0 Å². The molecule has 1 amide bonds. The molecule has 1 unspecified atom stereocenters. The molecule has 1 aromatic carbocycles. The molecule has 146 valence electrons. The number of likely N-dealkylation sites (tertiary alicyclic amines) is 1. The van der Waals surface area contributed by atoms with Crippen molar-refractivity contribution in [2.45, 2.75) is 38.3 Å². The van der Waals surface area contributed by atoms with Gasteiger partial charge in [0.1, 0.15) is 6.04 Å². The molecule has 1 N–H and O–H groups in total. The van der Waals surface area contributed by atoms with Gasteiger partial charge in [-0.3, -0.25) is 9.69 Å². The first kappa shape index (κ1) is 20.9. The number of amides is 1. The predicted octanol–water partition coefficient (Wildman–Crippen LogP) is 2.13. The van der Waals surface area contributed by atoms with E-state index < -0.39 is 0 Å². The van der Waals surface area contributed by atoms with Gasteiger partial charge in [0, 0.05) is 12.1 Å². The van der Waals surface area contributed by atoms with Crippen LogP contribution in [0.15, 0.2) is 24.3 Å². The molecule has 1 saturated heterocycles. The largest absolute Gasteiger partial charge is 0.353 e. The lowest BCUT2D eigenvalue weighted by Gasteiger charge is -2.46. The minimum absolute atomic E-state index is 0.0471. The fraction of sp³-hybridized carbons (Fsp3) is 0.667. The molecule has 5 heteroatoms. The second kappa shape index (κ2) is 8.98. The van der Waals surface area contributed by atoms with Gasteiger partial charge in [-0.15, -0.1) is 0 Å². The van der Waals surface area contributed by atoms with Gasteiger partial charge in [0.15, 0.2) is 0 Å². The molecular formula is C21H36N4O. The topological polar surface area (TPSA) is 38.8 Å². The normalized spacial score (nSPS) is 18.9. The maximum absolute atomic E-state index is 13.0.